The molecule has 0 bridgehead atoms. The third-order valence-electron chi connectivity index (χ3n) is 2.84. The van der Waals surface area contributed by atoms with Crippen LogP contribution in [0.3, 0.4) is 0 Å². The molecule has 1 aromatic heterocycles. The summed E-state index contributed by atoms with van der Waals surface area (Å²) in [6.07, 6.45) is 4.46. The van der Waals surface area contributed by atoms with Gasteiger partial charge in [0.05, 0.1) is 0 Å². The van der Waals surface area contributed by atoms with Gasteiger partial charge in [0.1, 0.15) is 5.82 Å². The van der Waals surface area contributed by atoms with E-state index in [1.165, 1.54) is 18.4 Å². The summed E-state index contributed by atoms with van der Waals surface area (Å²) < 4.78 is 1.06. The van der Waals surface area contributed by atoms with E-state index in [1.807, 2.05) is 6.20 Å². The molecule has 1 atom stereocenters. The average molecular weight is 255 g/mol. The van der Waals surface area contributed by atoms with E-state index in [4.69, 9.17) is 0 Å². The lowest BCUT2D eigenvalue weighted by Crippen LogP contribution is -2.27. The zero-order valence-corrected chi connectivity index (χ0v) is 10.2. The Bertz CT molecular complexity index is 338. The van der Waals surface area contributed by atoms with Crippen molar-refractivity contribution in [3.63, 3.8) is 0 Å². The predicted molar refractivity (Wildman–Crippen MR) is 62.7 cm³/mol. The number of aromatic nitrogens is 1. The first kappa shape index (κ1) is 9.97. The van der Waals surface area contributed by atoms with Gasteiger partial charge in [-0.25, -0.2) is 4.98 Å². The summed E-state index contributed by atoms with van der Waals surface area (Å²) in [6.45, 7) is 5.55. The second kappa shape index (κ2) is 3.89. The minimum atomic E-state index is 0.641. The van der Waals surface area contributed by atoms with Crippen molar-refractivity contribution in [2.24, 2.45) is 0 Å². The highest BCUT2D eigenvalue weighted by Gasteiger charge is 2.22. The van der Waals surface area contributed by atoms with Gasteiger partial charge in [-0.05, 0) is 54.2 Å². The number of hydrogen-bond donors (Lipinski definition) is 0. The van der Waals surface area contributed by atoms with Gasteiger partial charge < -0.3 is 4.90 Å². The van der Waals surface area contributed by atoms with Gasteiger partial charge in [-0.1, -0.05) is 0 Å². The molecule has 2 nitrogen and oxygen atoms in total. The van der Waals surface area contributed by atoms with Gasteiger partial charge in [-0.2, -0.15) is 0 Å². The normalized spacial score (nSPS) is 21.6. The maximum Gasteiger partial charge on any atom is 0.131 e. The molecule has 0 N–H and O–H groups in total. The van der Waals surface area contributed by atoms with Crippen molar-refractivity contribution in [1.29, 1.82) is 0 Å². The van der Waals surface area contributed by atoms with Crippen molar-refractivity contribution < 1.29 is 0 Å². The summed E-state index contributed by atoms with van der Waals surface area (Å²) in [6, 6.07) is 2.77. The standard InChI is InChI=1S/C11H15BrN2/c1-8-6-10(12)7-13-11(8)14-5-3-4-9(14)2/h6-7,9H,3-5H2,1-2H3. The van der Waals surface area contributed by atoms with E-state index in [2.05, 4.69) is 45.7 Å². The lowest BCUT2D eigenvalue weighted by Gasteiger charge is -2.24. The quantitative estimate of drug-likeness (QED) is 0.766. The first-order valence-electron chi connectivity index (χ1n) is 5.07. The van der Waals surface area contributed by atoms with Crippen LogP contribution >= 0.6 is 15.9 Å². The van der Waals surface area contributed by atoms with Crippen LogP contribution < -0.4 is 4.90 Å². The molecule has 1 saturated heterocycles. The summed E-state index contributed by atoms with van der Waals surface area (Å²) in [5.74, 6) is 1.15. The molecule has 0 saturated carbocycles. The Morgan fingerprint density at radius 1 is 1.57 bits per heavy atom. The third kappa shape index (κ3) is 1.78. The summed E-state index contributed by atoms with van der Waals surface area (Å²) >= 11 is 3.44. The first-order chi connectivity index (χ1) is 6.68. The number of aryl methyl sites for hydroxylation is 1. The summed E-state index contributed by atoms with van der Waals surface area (Å²) in [5, 5.41) is 0. The van der Waals surface area contributed by atoms with Crippen LogP contribution in [-0.2, 0) is 0 Å². The van der Waals surface area contributed by atoms with Crippen LogP contribution in [-0.4, -0.2) is 17.6 Å². The van der Waals surface area contributed by atoms with Gasteiger partial charge in [-0.3, -0.25) is 0 Å². The van der Waals surface area contributed by atoms with Crippen LogP contribution in [0.5, 0.6) is 0 Å². The van der Waals surface area contributed by atoms with Crippen LogP contribution in [0.1, 0.15) is 25.3 Å². The highest BCUT2D eigenvalue weighted by molar-refractivity contribution is 9.10. The molecule has 76 valence electrons. The number of rotatable bonds is 1. The van der Waals surface area contributed by atoms with Crippen LogP contribution in [0, 0.1) is 6.92 Å². The van der Waals surface area contributed by atoms with Gasteiger partial charge in [0.25, 0.3) is 0 Å². The van der Waals surface area contributed by atoms with Gasteiger partial charge in [-0.15, -0.1) is 0 Å². The third-order valence-corrected chi connectivity index (χ3v) is 3.28. The van der Waals surface area contributed by atoms with Crippen LogP contribution in [0.4, 0.5) is 5.82 Å². The van der Waals surface area contributed by atoms with E-state index < -0.39 is 0 Å². The lowest BCUT2D eigenvalue weighted by molar-refractivity contribution is 0.725. The zero-order valence-electron chi connectivity index (χ0n) is 8.63. The fourth-order valence-corrected chi connectivity index (χ4v) is 2.53. The Morgan fingerprint density at radius 2 is 2.36 bits per heavy atom. The summed E-state index contributed by atoms with van der Waals surface area (Å²) in [7, 11) is 0. The number of hydrogen-bond acceptors (Lipinski definition) is 2. The molecule has 1 aromatic rings. The van der Waals surface area contributed by atoms with E-state index >= 15 is 0 Å². The molecule has 0 aliphatic carbocycles. The molecule has 3 heteroatoms. The second-order valence-electron chi connectivity index (χ2n) is 3.98. The molecule has 2 rings (SSSR count). The van der Waals surface area contributed by atoms with Gasteiger partial charge >= 0.3 is 0 Å². The van der Waals surface area contributed by atoms with Gasteiger partial charge in [0.15, 0.2) is 0 Å². The Labute approximate surface area is 93.5 Å². The van der Waals surface area contributed by atoms with E-state index in [0.29, 0.717) is 6.04 Å². The Balaban J connectivity index is 2.31. The van der Waals surface area contributed by atoms with Gasteiger partial charge in [0.2, 0.25) is 0 Å². The first-order valence-corrected chi connectivity index (χ1v) is 5.86. The van der Waals surface area contributed by atoms with E-state index in [9.17, 15) is 0 Å². The molecule has 0 amide bonds. The average Bonchev–Trinajstić information content (AvgIpc) is 2.52. The number of halogens is 1. The number of pyridine rings is 1. The fraction of sp³-hybridized carbons (Fsp3) is 0.545. The molecular weight excluding hydrogens is 240 g/mol. The van der Waals surface area contributed by atoms with Crippen LogP contribution in [0.15, 0.2) is 16.7 Å². The highest BCUT2D eigenvalue weighted by Crippen LogP contribution is 2.27. The minimum absolute atomic E-state index is 0.641. The van der Waals surface area contributed by atoms with Gasteiger partial charge in [0, 0.05) is 23.3 Å². The van der Waals surface area contributed by atoms with Crippen molar-refractivity contribution in [3.05, 3.63) is 22.3 Å². The monoisotopic (exact) mass is 254 g/mol. The maximum absolute atomic E-state index is 4.49. The molecule has 0 radical (unpaired) electrons. The Kier molecular flexibility index (Phi) is 2.77. The number of nitrogens with zero attached hydrogens (tertiary/aromatic N) is 2. The second-order valence-corrected chi connectivity index (χ2v) is 4.89. The van der Waals surface area contributed by atoms with E-state index in [0.717, 1.165) is 16.8 Å². The zero-order chi connectivity index (χ0) is 10.1. The van der Waals surface area contributed by atoms with E-state index in [-0.39, 0.29) is 0 Å². The Morgan fingerprint density at radius 3 is 2.93 bits per heavy atom. The topological polar surface area (TPSA) is 16.1 Å². The summed E-state index contributed by atoms with van der Waals surface area (Å²) in [5.41, 5.74) is 1.26. The Hall–Kier alpha value is -0.570. The molecule has 14 heavy (non-hydrogen) atoms. The van der Waals surface area contributed by atoms with Crippen molar-refractivity contribution in [3.8, 4) is 0 Å². The lowest BCUT2D eigenvalue weighted by atomic mass is 10.2. The maximum atomic E-state index is 4.49. The van der Waals surface area contributed by atoms with Crippen molar-refractivity contribution in [2.75, 3.05) is 11.4 Å². The SMILES string of the molecule is Cc1cc(Br)cnc1N1CCCC1C. The molecule has 1 aliphatic rings. The molecule has 0 spiro atoms. The highest BCUT2D eigenvalue weighted by atomic mass is 79.9. The largest absolute Gasteiger partial charge is 0.354 e. The molecule has 2 heterocycles. The van der Waals surface area contributed by atoms with Crippen molar-refractivity contribution in [2.45, 2.75) is 32.7 Å². The fourth-order valence-electron chi connectivity index (χ4n) is 2.08. The molecule has 1 unspecified atom stereocenters. The molecule has 1 fully saturated rings. The molecule has 0 aromatic carbocycles. The number of anilines is 1. The van der Waals surface area contributed by atoms with Crippen molar-refractivity contribution >= 4 is 21.7 Å². The molecule has 1 aliphatic heterocycles. The van der Waals surface area contributed by atoms with E-state index in [1.54, 1.807) is 0 Å². The summed E-state index contributed by atoms with van der Waals surface area (Å²) in [4.78, 5) is 6.89. The molecular formula is C11H15BrN2. The predicted octanol–water partition coefficient (Wildman–Crippen LogP) is 3.14. The minimum Gasteiger partial charge on any atom is -0.354 e. The van der Waals surface area contributed by atoms with Crippen LogP contribution in [0.2, 0.25) is 0 Å². The smallest absolute Gasteiger partial charge is 0.131 e. The van der Waals surface area contributed by atoms with Crippen molar-refractivity contribution in [1.82, 2.24) is 4.98 Å². The van der Waals surface area contributed by atoms with Crippen LogP contribution in [0.25, 0.3) is 0 Å².